The fraction of sp³-hybridized carbons (Fsp3) is 0.412. The number of nitrogens with zero attached hydrogens (tertiary/aromatic N) is 1. The van der Waals surface area contributed by atoms with Gasteiger partial charge in [-0.05, 0) is 37.0 Å². The highest BCUT2D eigenvalue weighted by molar-refractivity contribution is 5.93. The summed E-state index contributed by atoms with van der Waals surface area (Å²) in [6.07, 6.45) is 5.12. The van der Waals surface area contributed by atoms with Crippen molar-refractivity contribution in [3.05, 3.63) is 46.8 Å². The van der Waals surface area contributed by atoms with Gasteiger partial charge >= 0.3 is 0 Å². The van der Waals surface area contributed by atoms with Crippen LogP contribution in [0.4, 0.5) is 0 Å². The van der Waals surface area contributed by atoms with Crippen molar-refractivity contribution in [1.82, 2.24) is 10.5 Å². The molecular formula is C17H20N2O3. The van der Waals surface area contributed by atoms with Crippen molar-refractivity contribution in [2.24, 2.45) is 0 Å². The van der Waals surface area contributed by atoms with E-state index in [2.05, 4.69) is 10.5 Å². The van der Waals surface area contributed by atoms with Gasteiger partial charge in [-0.25, -0.2) is 0 Å². The molecule has 0 unspecified atom stereocenters. The van der Waals surface area contributed by atoms with E-state index in [4.69, 9.17) is 9.26 Å². The molecular weight excluding hydrogens is 280 g/mol. The molecule has 0 saturated heterocycles. The van der Waals surface area contributed by atoms with Crippen molar-refractivity contribution < 1.29 is 14.1 Å². The van der Waals surface area contributed by atoms with E-state index in [1.54, 1.807) is 7.11 Å². The van der Waals surface area contributed by atoms with Gasteiger partial charge in [0.05, 0.1) is 7.11 Å². The highest BCUT2D eigenvalue weighted by atomic mass is 16.5. The van der Waals surface area contributed by atoms with Crippen molar-refractivity contribution in [1.29, 1.82) is 0 Å². The lowest BCUT2D eigenvalue weighted by Crippen LogP contribution is -2.24. The number of amides is 1. The first-order chi connectivity index (χ1) is 10.8. The largest absolute Gasteiger partial charge is 0.497 e. The number of aromatic nitrogens is 1. The maximum atomic E-state index is 12.4. The summed E-state index contributed by atoms with van der Waals surface area (Å²) in [6.45, 7) is 0.442. The fourth-order valence-electron chi connectivity index (χ4n) is 2.79. The molecule has 1 aliphatic rings. The first-order valence-electron chi connectivity index (χ1n) is 7.66. The van der Waals surface area contributed by atoms with Crippen LogP contribution in [0.5, 0.6) is 5.75 Å². The second kappa shape index (κ2) is 6.64. The van der Waals surface area contributed by atoms with Gasteiger partial charge in [-0.2, -0.15) is 0 Å². The number of rotatable bonds is 4. The van der Waals surface area contributed by atoms with Crippen molar-refractivity contribution in [3.8, 4) is 5.75 Å². The molecule has 5 heteroatoms. The zero-order valence-electron chi connectivity index (χ0n) is 12.7. The number of carbonyl (C=O) groups excluding carboxylic acids is 1. The summed E-state index contributed by atoms with van der Waals surface area (Å²) in [6, 6.07) is 7.64. The molecule has 1 amide bonds. The summed E-state index contributed by atoms with van der Waals surface area (Å²) in [5.74, 6) is 1.49. The van der Waals surface area contributed by atoms with Gasteiger partial charge in [0.15, 0.2) is 5.69 Å². The van der Waals surface area contributed by atoms with Gasteiger partial charge in [-0.15, -0.1) is 0 Å². The third-order valence-corrected chi connectivity index (χ3v) is 4.00. The number of aryl methyl sites for hydroxylation is 1. The summed E-state index contributed by atoms with van der Waals surface area (Å²) in [5.41, 5.74) is 2.42. The minimum absolute atomic E-state index is 0.172. The lowest BCUT2D eigenvalue weighted by molar-refractivity contribution is 0.0941. The van der Waals surface area contributed by atoms with E-state index in [-0.39, 0.29) is 5.91 Å². The number of carbonyl (C=O) groups is 1. The molecule has 1 aliphatic carbocycles. The number of hydrogen-bond donors (Lipinski definition) is 1. The average molecular weight is 300 g/mol. The summed E-state index contributed by atoms with van der Waals surface area (Å²) in [4.78, 5) is 12.4. The van der Waals surface area contributed by atoms with Gasteiger partial charge in [0, 0.05) is 18.5 Å². The third kappa shape index (κ3) is 3.13. The number of methoxy groups -OCH3 is 1. The fourth-order valence-corrected chi connectivity index (χ4v) is 2.79. The maximum Gasteiger partial charge on any atom is 0.274 e. The Bertz CT molecular complexity index is 664. The van der Waals surface area contributed by atoms with Crippen LogP contribution in [0.25, 0.3) is 0 Å². The van der Waals surface area contributed by atoms with Crippen molar-refractivity contribution in [2.75, 3.05) is 7.11 Å². The SMILES string of the molecule is COc1cccc(CNC(=O)c2noc3c2CCCCC3)c1. The van der Waals surface area contributed by atoms with Crippen molar-refractivity contribution in [3.63, 3.8) is 0 Å². The Morgan fingerprint density at radius 1 is 1.32 bits per heavy atom. The summed E-state index contributed by atoms with van der Waals surface area (Å²) in [5, 5.41) is 6.88. The van der Waals surface area contributed by atoms with Gasteiger partial charge in [0.2, 0.25) is 0 Å². The standard InChI is InChI=1S/C17H20N2O3/c1-21-13-7-5-6-12(10-13)11-18-17(20)16-14-8-3-2-4-9-15(14)22-19-16/h5-7,10H,2-4,8-9,11H2,1H3,(H,18,20). The predicted molar refractivity (Wildman–Crippen MR) is 81.9 cm³/mol. The number of ether oxygens (including phenoxy) is 1. The number of nitrogens with one attached hydrogen (secondary N) is 1. The molecule has 0 atom stereocenters. The Balaban J connectivity index is 1.68. The topological polar surface area (TPSA) is 64.4 Å². The van der Waals surface area contributed by atoms with Gasteiger partial charge < -0.3 is 14.6 Å². The molecule has 2 aromatic rings. The molecule has 3 rings (SSSR count). The Morgan fingerprint density at radius 3 is 3.05 bits per heavy atom. The molecule has 116 valence electrons. The molecule has 1 N–H and O–H groups in total. The van der Waals surface area contributed by atoms with E-state index in [0.717, 1.165) is 48.3 Å². The molecule has 22 heavy (non-hydrogen) atoms. The number of benzene rings is 1. The van der Waals surface area contributed by atoms with Crippen LogP contribution in [0.15, 0.2) is 28.8 Å². The van der Waals surface area contributed by atoms with Crippen molar-refractivity contribution in [2.45, 2.75) is 38.6 Å². The molecule has 0 bridgehead atoms. The summed E-state index contributed by atoms with van der Waals surface area (Å²) < 4.78 is 10.5. The lowest BCUT2D eigenvalue weighted by Gasteiger charge is -2.06. The second-order valence-electron chi connectivity index (χ2n) is 5.53. The number of fused-ring (bicyclic) bond motifs is 1. The maximum absolute atomic E-state index is 12.4. The molecule has 1 aromatic carbocycles. The first kappa shape index (κ1) is 14.6. The normalized spacial score (nSPS) is 14.0. The van der Waals surface area contributed by atoms with E-state index < -0.39 is 0 Å². The average Bonchev–Trinajstić information content (AvgIpc) is 2.81. The van der Waals surface area contributed by atoms with Crippen LogP contribution in [-0.4, -0.2) is 18.2 Å². The van der Waals surface area contributed by atoms with Crippen molar-refractivity contribution >= 4 is 5.91 Å². The predicted octanol–water partition coefficient (Wildman–Crippen LogP) is 2.88. The number of hydrogen-bond acceptors (Lipinski definition) is 4. The van der Waals surface area contributed by atoms with Crippen LogP contribution in [0.3, 0.4) is 0 Å². The molecule has 0 radical (unpaired) electrons. The van der Waals surface area contributed by atoms with Crippen LogP contribution in [0, 0.1) is 0 Å². The molecule has 0 aliphatic heterocycles. The quantitative estimate of drug-likeness (QED) is 0.882. The molecule has 1 aromatic heterocycles. The Hall–Kier alpha value is -2.30. The molecule has 1 heterocycles. The van der Waals surface area contributed by atoms with Crippen LogP contribution < -0.4 is 10.1 Å². The molecule has 0 spiro atoms. The van der Waals surface area contributed by atoms with E-state index >= 15 is 0 Å². The van der Waals surface area contributed by atoms with E-state index in [9.17, 15) is 4.79 Å². The minimum atomic E-state index is -0.172. The lowest BCUT2D eigenvalue weighted by atomic mass is 10.1. The van der Waals surface area contributed by atoms with Gasteiger partial charge in [0.25, 0.3) is 5.91 Å². The van der Waals surface area contributed by atoms with Gasteiger partial charge in [0.1, 0.15) is 11.5 Å². The third-order valence-electron chi connectivity index (χ3n) is 4.00. The zero-order valence-corrected chi connectivity index (χ0v) is 12.7. The second-order valence-corrected chi connectivity index (χ2v) is 5.53. The van der Waals surface area contributed by atoms with E-state index in [0.29, 0.717) is 12.2 Å². The Morgan fingerprint density at radius 2 is 2.18 bits per heavy atom. The van der Waals surface area contributed by atoms with E-state index in [1.807, 2.05) is 24.3 Å². The summed E-state index contributed by atoms with van der Waals surface area (Å²) >= 11 is 0. The molecule has 0 saturated carbocycles. The van der Waals surface area contributed by atoms with E-state index in [1.165, 1.54) is 6.42 Å². The first-order valence-corrected chi connectivity index (χ1v) is 7.66. The van der Waals surface area contributed by atoms with Gasteiger partial charge in [-0.3, -0.25) is 4.79 Å². The monoisotopic (exact) mass is 300 g/mol. The highest BCUT2D eigenvalue weighted by Crippen LogP contribution is 2.23. The smallest absolute Gasteiger partial charge is 0.274 e. The minimum Gasteiger partial charge on any atom is -0.497 e. The Labute approximate surface area is 129 Å². The zero-order chi connectivity index (χ0) is 15.4. The summed E-state index contributed by atoms with van der Waals surface area (Å²) in [7, 11) is 1.63. The van der Waals surface area contributed by atoms with Crippen LogP contribution in [-0.2, 0) is 19.4 Å². The Kier molecular flexibility index (Phi) is 4.42. The van der Waals surface area contributed by atoms with Crippen LogP contribution in [0.2, 0.25) is 0 Å². The van der Waals surface area contributed by atoms with Crippen LogP contribution >= 0.6 is 0 Å². The van der Waals surface area contributed by atoms with Crippen LogP contribution in [0.1, 0.15) is 46.6 Å². The van der Waals surface area contributed by atoms with Gasteiger partial charge in [-0.1, -0.05) is 23.7 Å². The molecule has 5 nitrogen and oxygen atoms in total. The molecule has 0 fully saturated rings. The highest BCUT2D eigenvalue weighted by Gasteiger charge is 2.22.